The molecule has 0 unspecified atom stereocenters. The summed E-state index contributed by atoms with van der Waals surface area (Å²) in [7, 11) is 0. The molecule has 0 amide bonds. The standard InChI is InChI=1S/C70H78BN3O/c1-65(2,3)45-28-31-57-58(39-45)73(51-37-46(66(4,5)6)36-47(38-51)67(7,8)9)59-41-52(72(48-24-18-16-19-25-48)49-26-20-17-21-27-49)42-60-62(59)71(57)64-63(53-35-44-23-22-32-68(10,11)55(44)43-61(53)75-64)74(60)50-29-30-54-56(40-50)70(14,15)34-33-69(54,12)13/h16-21,24-31,35-43H,22-23,32-34H2,1-15H3/i16D,17D,18D,19D,20D,21D,24D,25D,26D,27D. The van der Waals surface area contributed by atoms with Crippen molar-refractivity contribution in [1.82, 2.24) is 0 Å². The van der Waals surface area contributed by atoms with Gasteiger partial charge in [0.25, 0.3) is 6.71 Å². The Morgan fingerprint density at radius 3 is 1.69 bits per heavy atom. The summed E-state index contributed by atoms with van der Waals surface area (Å²) in [6, 6.07) is 22.8. The van der Waals surface area contributed by atoms with Crippen LogP contribution in [0.5, 0.6) is 0 Å². The summed E-state index contributed by atoms with van der Waals surface area (Å²) in [4.78, 5) is 5.94. The van der Waals surface area contributed by atoms with Crippen LogP contribution in [0, 0.1) is 0 Å². The van der Waals surface area contributed by atoms with Crippen LogP contribution in [0.3, 0.4) is 0 Å². The molecule has 0 saturated heterocycles. The van der Waals surface area contributed by atoms with E-state index in [9.17, 15) is 5.48 Å². The fourth-order valence-corrected chi connectivity index (χ4v) is 12.8. The van der Waals surface area contributed by atoms with Crippen LogP contribution in [0.25, 0.3) is 11.0 Å². The van der Waals surface area contributed by atoms with Crippen LogP contribution in [0.15, 0.2) is 144 Å². The Bertz CT molecular complexity index is 4040. The summed E-state index contributed by atoms with van der Waals surface area (Å²) in [5, 5.41) is 0.942. The van der Waals surface area contributed by atoms with Gasteiger partial charge in [0.05, 0.1) is 30.7 Å². The molecule has 4 nitrogen and oxygen atoms in total. The number of hydrogen-bond acceptors (Lipinski definition) is 4. The second kappa shape index (κ2) is 16.8. The SMILES string of the molecule is [2H]c1c([2H])c([2H])c(N(c2cc3c4c(c2)N(c2ccc5c(c2)C(C)(C)CCC5(C)C)c2c(oc5cc6c(cc25)CCCC6(C)C)B4c2ccc(C(C)(C)C)cc2N3c2cc(C(C)(C)C)cc(C(C)(C)C)c2)c2c([2H])c([2H])c([2H])c([2H])c2[2H])c([2H])c1[2H]. The lowest BCUT2D eigenvalue weighted by molar-refractivity contribution is 0.332. The lowest BCUT2D eigenvalue weighted by Gasteiger charge is -2.45. The van der Waals surface area contributed by atoms with E-state index in [1.54, 1.807) is 0 Å². The number of fused-ring (bicyclic) bond motifs is 8. The lowest BCUT2D eigenvalue weighted by atomic mass is 9.35. The molecule has 7 aromatic carbocycles. The van der Waals surface area contributed by atoms with Crippen molar-refractivity contribution in [2.24, 2.45) is 0 Å². The molecule has 0 saturated carbocycles. The average molecular weight is 998 g/mol. The number of benzene rings is 7. The van der Waals surface area contributed by atoms with E-state index in [0.29, 0.717) is 11.4 Å². The number of para-hydroxylation sites is 2. The monoisotopic (exact) mass is 998 g/mol. The van der Waals surface area contributed by atoms with Crippen LogP contribution >= 0.6 is 0 Å². The zero-order chi connectivity index (χ0) is 61.6. The molecule has 3 heterocycles. The number of nitrogens with zero attached hydrogens (tertiary/aromatic N) is 3. The molecule has 0 fully saturated rings. The maximum atomic E-state index is 9.70. The Hall–Kier alpha value is -6.46. The van der Waals surface area contributed by atoms with Crippen molar-refractivity contribution in [3.63, 3.8) is 0 Å². The first-order valence-electron chi connectivity index (χ1n) is 32.2. The Balaban J connectivity index is 1.32. The topological polar surface area (TPSA) is 22.9 Å². The molecule has 2 aliphatic carbocycles. The quantitative estimate of drug-likeness (QED) is 0.160. The van der Waals surface area contributed by atoms with Gasteiger partial charge in [-0.15, -0.1) is 0 Å². The van der Waals surface area contributed by atoms with Gasteiger partial charge in [0.15, 0.2) is 0 Å². The summed E-state index contributed by atoms with van der Waals surface area (Å²) in [5.41, 5.74) is 14.9. The van der Waals surface area contributed by atoms with Gasteiger partial charge in [0, 0.05) is 45.2 Å². The van der Waals surface area contributed by atoms with Crippen LogP contribution in [0.4, 0.5) is 51.2 Å². The lowest BCUT2D eigenvalue weighted by Crippen LogP contribution is -2.61. The molecule has 4 aliphatic rings. The number of hydrogen-bond donors (Lipinski definition) is 0. The Morgan fingerprint density at radius 2 is 1.09 bits per heavy atom. The second-order valence-corrected chi connectivity index (χ2v) is 27.1. The summed E-state index contributed by atoms with van der Waals surface area (Å²) < 4.78 is 101. The molecule has 2 aliphatic heterocycles. The Morgan fingerprint density at radius 1 is 0.520 bits per heavy atom. The zero-order valence-corrected chi connectivity index (χ0v) is 46.9. The van der Waals surface area contributed by atoms with Gasteiger partial charge in [-0.2, -0.15) is 0 Å². The summed E-state index contributed by atoms with van der Waals surface area (Å²) in [5.74, 6) is 0. The first-order valence-corrected chi connectivity index (χ1v) is 27.2. The normalized spacial score (nSPS) is 19.1. The van der Waals surface area contributed by atoms with Gasteiger partial charge in [-0.05, 0) is 193 Å². The first-order chi connectivity index (χ1) is 39.4. The van der Waals surface area contributed by atoms with Crippen molar-refractivity contribution in [3.05, 3.63) is 178 Å². The fourth-order valence-electron chi connectivity index (χ4n) is 12.8. The summed E-state index contributed by atoms with van der Waals surface area (Å²) in [6.45, 7) is 33.4. The molecule has 75 heavy (non-hydrogen) atoms. The highest BCUT2D eigenvalue weighted by Gasteiger charge is 2.49. The largest absolute Gasteiger partial charge is 0.468 e. The maximum Gasteiger partial charge on any atom is 0.297 e. The molecule has 0 bridgehead atoms. The molecular weight excluding hydrogens is 910 g/mol. The third-order valence-corrected chi connectivity index (χ3v) is 17.4. The molecule has 5 heteroatoms. The van der Waals surface area contributed by atoms with Crippen molar-refractivity contribution < 1.29 is 18.1 Å². The molecular formula is C70H78BN3O. The predicted molar refractivity (Wildman–Crippen MR) is 322 cm³/mol. The number of anilines is 9. The van der Waals surface area contributed by atoms with Crippen LogP contribution in [-0.2, 0) is 38.9 Å². The van der Waals surface area contributed by atoms with Crippen LogP contribution in [0.1, 0.15) is 182 Å². The van der Waals surface area contributed by atoms with E-state index in [2.05, 4.69) is 180 Å². The molecule has 12 rings (SSSR count). The highest BCUT2D eigenvalue weighted by molar-refractivity contribution is 7.00. The Labute approximate surface area is 463 Å². The van der Waals surface area contributed by atoms with E-state index in [4.69, 9.17) is 12.6 Å². The van der Waals surface area contributed by atoms with Crippen molar-refractivity contribution in [2.45, 2.75) is 168 Å². The first kappa shape index (κ1) is 39.0. The maximum absolute atomic E-state index is 9.70. The third-order valence-electron chi connectivity index (χ3n) is 17.4. The van der Waals surface area contributed by atoms with E-state index < -0.39 is 67.1 Å². The van der Waals surface area contributed by atoms with Crippen LogP contribution in [0.2, 0.25) is 0 Å². The van der Waals surface area contributed by atoms with Gasteiger partial charge in [-0.3, -0.25) is 0 Å². The van der Waals surface area contributed by atoms with Gasteiger partial charge in [0.1, 0.15) is 5.58 Å². The smallest absolute Gasteiger partial charge is 0.297 e. The van der Waals surface area contributed by atoms with Gasteiger partial charge in [-0.25, -0.2) is 0 Å². The molecule has 1 aromatic heterocycles. The predicted octanol–water partition coefficient (Wildman–Crippen LogP) is 17.8. The molecule has 0 atom stereocenters. The minimum absolute atomic E-state index is 0.0955. The average Bonchev–Trinajstić information content (AvgIpc) is 1.70. The number of aryl methyl sites for hydroxylation is 1. The number of furan rings is 1. The number of rotatable bonds is 5. The highest BCUT2D eigenvalue weighted by Crippen LogP contribution is 2.54. The van der Waals surface area contributed by atoms with Gasteiger partial charge in [-0.1, -0.05) is 164 Å². The summed E-state index contributed by atoms with van der Waals surface area (Å²) >= 11 is 0. The van der Waals surface area contributed by atoms with E-state index >= 15 is 0 Å². The van der Waals surface area contributed by atoms with Gasteiger partial charge < -0.3 is 19.1 Å². The summed E-state index contributed by atoms with van der Waals surface area (Å²) in [6.07, 6.45) is 5.00. The van der Waals surface area contributed by atoms with Crippen molar-refractivity contribution in [3.8, 4) is 0 Å². The molecule has 8 aromatic rings. The molecule has 382 valence electrons. The molecule has 0 N–H and O–H groups in total. The van der Waals surface area contributed by atoms with Crippen molar-refractivity contribution in [2.75, 3.05) is 14.7 Å². The molecule has 0 radical (unpaired) electrons. The van der Waals surface area contributed by atoms with E-state index in [1.165, 1.54) is 27.2 Å². The van der Waals surface area contributed by atoms with Gasteiger partial charge >= 0.3 is 0 Å². The third kappa shape index (κ3) is 8.08. The molecule has 0 spiro atoms. The van der Waals surface area contributed by atoms with Gasteiger partial charge in [0.2, 0.25) is 0 Å². The minimum Gasteiger partial charge on any atom is -0.468 e. The zero-order valence-electron chi connectivity index (χ0n) is 56.9. The van der Waals surface area contributed by atoms with Crippen LogP contribution in [-0.4, -0.2) is 6.71 Å². The van der Waals surface area contributed by atoms with Crippen LogP contribution < -0.4 is 31.3 Å². The Kier molecular flexibility index (Phi) is 8.72. The fraction of sp³-hybridized carbons (Fsp3) is 0.371. The van der Waals surface area contributed by atoms with E-state index in [1.807, 2.05) is 12.1 Å². The highest BCUT2D eigenvalue weighted by atomic mass is 16.3. The van der Waals surface area contributed by atoms with Crippen molar-refractivity contribution >= 4 is 85.5 Å². The van der Waals surface area contributed by atoms with Crippen molar-refractivity contribution in [1.29, 1.82) is 0 Å². The second-order valence-electron chi connectivity index (χ2n) is 27.1. The van der Waals surface area contributed by atoms with E-state index in [0.717, 1.165) is 99.1 Å². The minimum atomic E-state index is -0.631. The van der Waals surface area contributed by atoms with E-state index in [-0.39, 0.29) is 49.6 Å².